The van der Waals surface area contributed by atoms with E-state index in [1.807, 2.05) is 122 Å². The molecule has 0 saturated carbocycles. The van der Waals surface area contributed by atoms with Crippen LogP contribution < -0.4 is 0 Å². The summed E-state index contributed by atoms with van der Waals surface area (Å²) in [7, 11) is 0. The molecule has 8 aromatic rings. The van der Waals surface area contributed by atoms with E-state index < -0.39 is 0 Å². The summed E-state index contributed by atoms with van der Waals surface area (Å²) in [6, 6.07) is 44.3. The predicted octanol–water partition coefficient (Wildman–Crippen LogP) is 11.0. The largest absolute Gasteiger partial charge is 0.234 e. The van der Waals surface area contributed by atoms with Gasteiger partial charge in [-0.25, -0.2) is 39.9 Å². The van der Waals surface area contributed by atoms with Crippen LogP contribution in [0, 0.1) is 0 Å². The Labute approximate surface area is 355 Å². The van der Waals surface area contributed by atoms with Gasteiger partial charge in [-0.15, -0.1) is 0 Å². The van der Waals surface area contributed by atoms with Crippen LogP contribution in [0.2, 0.25) is 0 Å². The van der Waals surface area contributed by atoms with Crippen LogP contribution in [-0.4, -0.2) is 39.9 Å². The third-order valence-electron chi connectivity index (χ3n) is 9.79. The first-order valence-electron chi connectivity index (χ1n) is 19.1. The van der Waals surface area contributed by atoms with Crippen molar-refractivity contribution < 1.29 is 19.5 Å². The molecule has 0 fully saturated rings. The zero-order valence-corrected chi connectivity index (χ0v) is 35.0. The molecule has 0 atom stereocenters. The Kier molecular flexibility index (Phi) is 12.0. The minimum Gasteiger partial charge on any atom is -0.234 e. The molecule has 0 saturated heterocycles. The Morgan fingerprint density at radius 3 is 1.00 bits per heavy atom. The first kappa shape index (κ1) is 38.6. The molecule has 0 bridgehead atoms. The van der Waals surface area contributed by atoms with E-state index in [0.717, 1.165) is 56.2 Å². The maximum absolute atomic E-state index is 4.89. The van der Waals surface area contributed by atoms with Crippen molar-refractivity contribution in [2.45, 2.75) is 11.8 Å². The smallest absolute Gasteiger partial charge is 0.198 e. The Hall–Kier alpha value is -7.22. The van der Waals surface area contributed by atoms with Gasteiger partial charge in [0.25, 0.3) is 0 Å². The van der Waals surface area contributed by atoms with Gasteiger partial charge in [0.15, 0.2) is 23.3 Å². The van der Waals surface area contributed by atoms with Crippen LogP contribution in [0.1, 0.15) is 23.0 Å². The van der Waals surface area contributed by atoms with Crippen molar-refractivity contribution in [1.29, 1.82) is 0 Å². The molecule has 10 rings (SSSR count). The summed E-state index contributed by atoms with van der Waals surface area (Å²) in [6.07, 6.45) is 24.1. The van der Waals surface area contributed by atoms with Gasteiger partial charge in [-0.3, -0.25) is 0 Å². The second kappa shape index (κ2) is 18.4. The Morgan fingerprint density at radius 2 is 0.644 bits per heavy atom. The topological polar surface area (TPSA) is 103 Å². The molecule has 2 aliphatic rings. The standard InChI is InChI=1S/2C25H18N4.Zn/c2*1-3-11-19(12-4-1)22-15-16-26-24(28-22)25-27-17-21(18-9-7-8-10-18)23(29-25)20-13-5-2-6-14-20;/h2*1-18H;. The average molecular weight is 814 g/mol. The van der Waals surface area contributed by atoms with Crippen LogP contribution in [0.5, 0.6) is 0 Å². The normalized spacial score (nSPS) is 12.9. The molecule has 4 aromatic heterocycles. The summed E-state index contributed by atoms with van der Waals surface area (Å²) in [5.74, 6) is 2.44. The number of benzene rings is 4. The van der Waals surface area contributed by atoms with Crippen LogP contribution >= 0.6 is 0 Å². The number of nitrogens with zero attached hydrogens (tertiary/aromatic N) is 8. The van der Waals surface area contributed by atoms with Gasteiger partial charge in [-0.2, -0.15) is 0 Å². The van der Waals surface area contributed by atoms with Gasteiger partial charge in [-0.1, -0.05) is 170 Å². The zero-order valence-electron chi connectivity index (χ0n) is 32.1. The van der Waals surface area contributed by atoms with Crippen molar-refractivity contribution in [1.82, 2.24) is 39.9 Å². The molecule has 4 heterocycles. The van der Waals surface area contributed by atoms with E-state index in [2.05, 4.69) is 92.8 Å². The van der Waals surface area contributed by atoms with Gasteiger partial charge in [-0.05, 0) is 12.1 Å². The fourth-order valence-corrected chi connectivity index (χ4v) is 6.89. The van der Waals surface area contributed by atoms with Crippen LogP contribution in [0.15, 0.2) is 207 Å². The number of rotatable bonds is 8. The van der Waals surface area contributed by atoms with Gasteiger partial charge < -0.3 is 0 Å². The van der Waals surface area contributed by atoms with Crippen molar-refractivity contribution in [2.75, 3.05) is 0 Å². The second-order valence-electron chi connectivity index (χ2n) is 13.6. The molecule has 0 spiro atoms. The summed E-state index contributed by atoms with van der Waals surface area (Å²) in [5.41, 5.74) is 9.86. The summed E-state index contributed by atoms with van der Waals surface area (Å²) in [4.78, 5) is 37.3. The van der Waals surface area contributed by atoms with Crippen LogP contribution in [0.25, 0.3) is 68.3 Å². The van der Waals surface area contributed by atoms with E-state index >= 15 is 0 Å². The average Bonchev–Trinajstić information content (AvgIpc) is 4.07. The van der Waals surface area contributed by atoms with Gasteiger partial charge in [0.05, 0.1) is 22.8 Å². The van der Waals surface area contributed by atoms with Crippen LogP contribution in [0.3, 0.4) is 0 Å². The van der Waals surface area contributed by atoms with Crippen LogP contribution in [0.4, 0.5) is 0 Å². The van der Waals surface area contributed by atoms with Crippen molar-refractivity contribution in [3.05, 3.63) is 218 Å². The monoisotopic (exact) mass is 812 g/mol. The number of aromatic nitrogens is 8. The molecule has 8 nitrogen and oxygen atoms in total. The van der Waals surface area contributed by atoms with E-state index in [-0.39, 0.29) is 31.3 Å². The molecule has 0 amide bonds. The third-order valence-corrected chi connectivity index (χ3v) is 9.79. The Balaban J connectivity index is 0.000000161. The van der Waals surface area contributed by atoms with Gasteiger partial charge in [0.2, 0.25) is 0 Å². The molecular formula is C50H36N8Zn. The molecule has 0 aliphatic heterocycles. The molecule has 0 unspecified atom stereocenters. The Bertz CT molecular complexity index is 2570. The quantitative estimate of drug-likeness (QED) is 0.140. The summed E-state index contributed by atoms with van der Waals surface area (Å²) in [6.45, 7) is 0. The fraction of sp³-hybridized carbons (Fsp3) is 0.0400. The SMILES string of the molecule is C1=CC(c2cnc(-c3nccc(-c4ccccc4)n3)nc2-c2ccccc2)C=C1.C1=CC(c2cnc(-c3nccc(-c4ccccc4)n3)nc2-c2ccccc2)C=C1.[Zn]. The summed E-state index contributed by atoms with van der Waals surface area (Å²) in [5, 5.41) is 0. The summed E-state index contributed by atoms with van der Waals surface area (Å²) >= 11 is 0. The molecule has 0 radical (unpaired) electrons. The van der Waals surface area contributed by atoms with Crippen molar-refractivity contribution in [2.24, 2.45) is 0 Å². The molecule has 9 heteroatoms. The summed E-state index contributed by atoms with van der Waals surface area (Å²) < 4.78 is 0. The van der Waals surface area contributed by atoms with E-state index in [9.17, 15) is 0 Å². The van der Waals surface area contributed by atoms with Crippen LogP contribution in [-0.2, 0) is 19.5 Å². The van der Waals surface area contributed by atoms with Crippen molar-refractivity contribution >= 4 is 0 Å². The van der Waals surface area contributed by atoms with E-state index in [4.69, 9.17) is 19.9 Å². The van der Waals surface area contributed by atoms with Crippen molar-refractivity contribution in [3.8, 4) is 68.3 Å². The van der Waals surface area contributed by atoms with E-state index in [1.54, 1.807) is 12.4 Å². The number of hydrogen-bond acceptors (Lipinski definition) is 8. The predicted molar refractivity (Wildman–Crippen MR) is 230 cm³/mol. The molecular weight excluding hydrogens is 778 g/mol. The number of hydrogen-bond donors (Lipinski definition) is 0. The molecule has 59 heavy (non-hydrogen) atoms. The van der Waals surface area contributed by atoms with E-state index in [0.29, 0.717) is 23.3 Å². The molecule has 4 aromatic carbocycles. The van der Waals surface area contributed by atoms with Crippen molar-refractivity contribution in [3.63, 3.8) is 0 Å². The third kappa shape index (κ3) is 8.86. The molecule has 278 valence electrons. The van der Waals surface area contributed by atoms with Gasteiger partial charge >= 0.3 is 0 Å². The minimum absolute atomic E-state index is 0. The van der Waals surface area contributed by atoms with Gasteiger partial charge in [0.1, 0.15) is 0 Å². The van der Waals surface area contributed by atoms with Gasteiger partial charge in [0, 0.05) is 89.5 Å². The molecule has 0 N–H and O–H groups in total. The molecule has 2 aliphatic carbocycles. The number of allylic oxidation sites excluding steroid dienone is 8. The maximum Gasteiger partial charge on any atom is 0.198 e. The zero-order chi connectivity index (χ0) is 38.9. The first-order valence-corrected chi connectivity index (χ1v) is 19.1. The second-order valence-corrected chi connectivity index (χ2v) is 13.6. The Morgan fingerprint density at radius 1 is 0.322 bits per heavy atom. The maximum atomic E-state index is 4.89. The van der Waals surface area contributed by atoms with E-state index in [1.165, 1.54) is 0 Å². The minimum atomic E-state index is 0. The fourth-order valence-electron chi connectivity index (χ4n) is 6.89. The first-order chi connectivity index (χ1) is 28.8.